The van der Waals surface area contributed by atoms with E-state index in [4.69, 9.17) is 4.74 Å². The Kier molecular flexibility index (Phi) is 2.46. The normalized spacial score (nSPS) is 18.2. The number of nitrogens with zero attached hydrogens (tertiary/aromatic N) is 2. The standard InChI is InChI=1S/C18H12FN3O2/c1-24-13-7-14(23)22-12-6-5-11-17(21-8-20-11)16(12)15-9(18(13)22)3-2-4-10(15)19/h2-8,18H,1H3,(H,20,21). The van der Waals surface area contributed by atoms with Gasteiger partial charge in [-0.2, -0.15) is 0 Å². The fourth-order valence-electron chi connectivity index (χ4n) is 3.72. The number of benzene rings is 2. The van der Waals surface area contributed by atoms with Crippen molar-refractivity contribution in [3.05, 3.63) is 59.9 Å². The van der Waals surface area contributed by atoms with Gasteiger partial charge in [0.05, 0.1) is 30.2 Å². The van der Waals surface area contributed by atoms with Crippen molar-refractivity contribution in [1.82, 2.24) is 9.97 Å². The summed E-state index contributed by atoms with van der Waals surface area (Å²) < 4.78 is 20.2. The first kappa shape index (κ1) is 13.3. The Bertz CT molecular complexity index is 1050. The molecule has 1 unspecified atom stereocenters. The topological polar surface area (TPSA) is 58.2 Å². The van der Waals surface area contributed by atoms with Gasteiger partial charge in [-0.3, -0.25) is 9.69 Å². The van der Waals surface area contributed by atoms with Gasteiger partial charge in [0.1, 0.15) is 17.6 Å². The van der Waals surface area contributed by atoms with E-state index in [0.29, 0.717) is 33.7 Å². The summed E-state index contributed by atoms with van der Waals surface area (Å²) in [6, 6.07) is 8.13. The number of imidazole rings is 1. The van der Waals surface area contributed by atoms with Crippen molar-refractivity contribution in [2.45, 2.75) is 6.04 Å². The molecule has 3 aromatic rings. The zero-order valence-corrected chi connectivity index (χ0v) is 12.7. The van der Waals surface area contributed by atoms with Crippen LogP contribution in [0.5, 0.6) is 0 Å². The summed E-state index contributed by atoms with van der Waals surface area (Å²) in [5, 5.41) is 0. The lowest BCUT2D eigenvalue weighted by Gasteiger charge is -2.35. The molecule has 1 atom stereocenters. The summed E-state index contributed by atoms with van der Waals surface area (Å²) in [6.45, 7) is 0. The summed E-state index contributed by atoms with van der Waals surface area (Å²) in [6.07, 6.45) is 3.03. The molecular weight excluding hydrogens is 309 g/mol. The maximum Gasteiger partial charge on any atom is 0.255 e. The number of methoxy groups -OCH3 is 1. The number of hydrogen-bond acceptors (Lipinski definition) is 3. The first-order valence-corrected chi connectivity index (χ1v) is 7.54. The van der Waals surface area contributed by atoms with E-state index in [0.717, 1.165) is 5.52 Å². The minimum atomic E-state index is -0.447. The molecule has 0 bridgehead atoms. The maximum atomic E-state index is 14.8. The van der Waals surface area contributed by atoms with Gasteiger partial charge in [-0.1, -0.05) is 12.1 Å². The number of rotatable bonds is 1. The van der Waals surface area contributed by atoms with Crippen LogP contribution in [0.3, 0.4) is 0 Å². The Balaban J connectivity index is 1.94. The van der Waals surface area contributed by atoms with Crippen LogP contribution in [-0.2, 0) is 9.53 Å². The number of carbonyl (C=O) groups excluding carboxylic acids is 1. The highest BCUT2D eigenvalue weighted by molar-refractivity contribution is 6.14. The largest absolute Gasteiger partial charge is 0.498 e. The van der Waals surface area contributed by atoms with E-state index in [2.05, 4.69) is 9.97 Å². The second kappa shape index (κ2) is 4.44. The summed E-state index contributed by atoms with van der Waals surface area (Å²) in [7, 11) is 1.52. The molecule has 5 nitrogen and oxygen atoms in total. The van der Waals surface area contributed by atoms with Crippen LogP contribution < -0.4 is 4.90 Å². The lowest BCUT2D eigenvalue weighted by atomic mass is 9.87. The number of halogens is 1. The third kappa shape index (κ3) is 1.47. The van der Waals surface area contributed by atoms with Crippen LogP contribution in [0.15, 0.2) is 48.5 Å². The van der Waals surface area contributed by atoms with Crippen LogP contribution in [0.25, 0.3) is 22.2 Å². The van der Waals surface area contributed by atoms with Crippen LogP contribution in [-0.4, -0.2) is 23.0 Å². The number of aromatic nitrogens is 2. The number of nitrogens with one attached hydrogen (secondary N) is 1. The van der Waals surface area contributed by atoms with E-state index < -0.39 is 6.04 Å². The molecule has 1 amide bonds. The first-order valence-electron chi connectivity index (χ1n) is 7.54. The van der Waals surface area contributed by atoms with Crippen LogP contribution in [0.1, 0.15) is 11.6 Å². The van der Waals surface area contributed by atoms with Crippen molar-refractivity contribution in [1.29, 1.82) is 0 Å². The van der Waals surface area contributed by atoms with Gasteiger partial charge >= 0.3 is 0 Å². The smallest absolute Gasteiger partial charge is 0.255 e. The van der Waals surface area contributed by atoms with Gasteiger partial charge < -0.3 is 9.72 Å². The second-order valence-corrected chi connectivity index (χ2v) is 5.82. The summed E-state index contributed by atoms with van der Waals surface area (Å²) in [4.78, 5) is 21.6. The van der Waals surface area contributed by atoms with Crippen molar-refractivity contribution < 1.29 is 13.9 Å². The van der Waals surface area contributed by atoms with Crippen molar-refractivity contribution in [2.75, 3.05) is 12.0 Å². The Morgan fingerprint density at radius 3 is 2.96 bits per heavy atom. The Morgan fingerprint density at radius 1 is 1.25 bits per heavy atom. The van der Waals surface area contributed by atoms with Gasteiger partial charge in [-0.25, -0.2) is 9.37 Å². The molecule has 1 N–H and O–H groups in total. The Hall–Kier alpha value is -3.15. The van der Waals surface area contributed by atoms with Crippen LogP contribution in [0.4, 0.5) is 10.1 Å². The molecule has 3 heterocycles. The molecule has 24 heavy (non-hydrogen) atoms. The van der Waals surface area contributed by atoms with Gasteiger partial charge in [-0.05, 0) is 23.8 Å². The number of fused-ring (bicyclic) bond motifs is 8. The zero-order chi connectivity index (χ0) is 16.4. The van der Waals surface area contributed by atoms with E-state index in [1.165, 1.54) is 19.3 Å². The van der Waals surface area contributed by atoms with Gasteiger partial charge in [0.2, 0.25) is 0 Å². The number of H-pyrrole nitrogens is 1. The number of aromatic amines is 1. The highest BCUT2D eigenvalue weighted by Crippen LogP contribution is 2.52. The number of amides is 1. The van der Waals surface area contributed by atoms with Gasteiger partial charge in [0.15, 0.2) is 0 Å². The SMILES string of the molecule is COC1=CC(=O)N2c3ccc4[nH]cnc4c3-c3c(F)cccc3C12. The molecule has 0 radical (unpaired) electrons. The summed E-state index contributed by atoms with van der Waals surface area (Å²) in [5.74, 6) is 0.00113. The van der Waals surface area contributed by atoms with Gasteiger partial charge in [-0.15, -0.1) is 0 Å². The molecule has 2 aliphatic heterocycles. The van der Waals surface area contributed by atoms with E-state index in [9.17, 15) is 9.18 Å². The molecule has 0 fully saturated rings. The molecule has 0 saturated heterocycles. The maximum absolute atomic E-state index is 14.8. The van der Waals surface area contributed by atoms with Crippen molar-refractivity contribution in [3.63, 3.8) is 0 Å². The lowest BCUT2D eigenvalue weighted by molar-refractivity contribution is -0.113. The molecule has 118 valence electrons. The Labute approximate surface area is 136 Å². The van der Waals surface area contributed by atoms with Gasteiger partial charge in [0.25, 0.3) is 5.91 Å². The fraction of sp³-hybridized carbons (Fsp3) is 0.111. The molecule has 6 heteroatoms. The Morgan fingerprint density at radius 2 is 2.12 bits per heavy atom. The average Bonchev–Trinajstić information content (AvgIpc) is 3.19. The van der Waals surface area contributed by atoms with Gasteiger partial charge in [0, 0.05) is 17.2 Å². The van der Waals surface area contributed by atoms with Crippen molar-refractivity contribution in [3.8, 4) is 11.1 Å². The highest BCUT2D eigenvalue weighted by atomic mass is 19.1. The minimum Gasteiger partial charge on any atom is -0.498 e. The third-order valence-corrected chi connectivity index (χ3v) is 4.69. The number of hydrogen-bond donors (Lipinski definition) is 1. The van der Waals surface area contributed by atoms with Crippen LogP contribution in [0, 0.1) is 5.82 Å². The van der Waals surface area contributed by atoms with Crippen molar-refractivity contribution >= 4 is 22.6 Å². The summed E-state index contributed by atoms with van der Waals surface area (Å²) in [5.41, 5.74) is 3.91. The number of carbonyl (C=O) groups is 1. The quantitative estimate of drug-likeness (QED) is 0.748. The van der Waals surface area contributed by atoms with E-state index >= 15 is 0 Å². The van der Waals surface area contributed by atoms with Crippen LogP contribution in [0.2, 0.25) is 0 Å². The molecule has 0 aliphatic carbocycles. The molecule has 1 aromatic heterocycles. The third-order valence-electron chi connectivity index (χ3n) is 4.69. The average molecular weight is 321 g/mol. The van der Waals surface area contributed by atoms with E-state index in [1.54, 1.807) is 17.3 Å². The molecule has 0 spiro atoms. The van der Waals surface area contributed by atoms with E-state index in [-0.39, 0.29) is 11.7 Å². The first-order chi connectivity index (χ1) is 11.7. The molecule has 5 rings (SSSR count). The van der Waals surface area contributed by atoms with E-state index in [1.807, 2.05) is 18.2 Å². The summed E-state index contributed by atoms with van der Waals surface area (Å²) >= 11 is 0. The minimum absolute atomic E-state index is 0.178. The number of ether oxygens (including phenoxy) is 1. The predicted molar refractivity (Wildman–Crippen MR) is 86.8 cm³/mol. The molecule has 2 aromatic carbocycles. The molecule has 2 aliphatic rings. The predicted octanol–water partition coefficient (Wildman–Crippen LogP) is 3.30. The lowest BCUT2D eigenvalue weighted by Crippen LogP contribution is -2.33. The fourth-order valence-corrected chi connectivity index (χ4v) is 3.72. The molecule has 0 saturated carbocycles. The number of anilines is 1. The zero-order valence-electron chi connectivity index (χ0n) is 12.7. The van der Waals surface area contributed by atoms with Crippen LogP contribution >= 0.6 is 0 Å². The molecular formula is C18H12FN3O2. The highest BCUT2D eigenvalue weighted by Gasteiger charge is 2.43. The van der Waals surface area contributed by atoms with Crippen molar-refractivity contribution in [2.24, 2.45) is 0 Å². The second-order valence-electron chi connectivity index (χ2n) is 5.82. The monoisotopic (exact) mass is 321 g/mol.